The molecule has 1 atom stereocenters. The number of ether oxygens (including phenoxy) is 1. The third-order valence-corrected chi connectivity index (χ3v) is 6.09. The number of halogens is 2. The molecule has 32 heavy (non-hydrogen) atoms. The Kier molecular flexibility index (Phi) is 5.91. The van der Waals surface area contributed by atoms with E-state index in [4.69, 9.17) is 27.9 Å². The van der Waals surface area contributed by atoms with Gasteiger partial charge in [-0.3, -0.25) is 19.5 Å². The molecular weight excluding hydrogens is 451 g/mol. The molecule has 1 unspecified atom stereocenters. The molecule has 162 valence electrons. The van der Waals surface area contributed by atoms with Crippen molar-refractivity contribution in [3.05, 3.63) is 93.2 Å². The average Bonchev–Trinajstić information content (AvgIpc) is 3.06. The first-order chi connectivity index (χ1) is 15.3. The second-order valence-electron chi connectivity index (χ2n) is 7.18. The molecule has 0 bridgehead atoms. The second-order valence-corrected chi connectivity index (χ2v) is 8.00. The van der Waals surface area contributed by atoms with Crippen LogP contribution in [0.1, 0.15) is 22.7 Å². The summed E-state index contributed by atoms with van der Waals surface area (Å²) in [7, 11) is 1.48. The van der Waals surface area contributed by atoms with Gasteiger partial charge in [0.15, 0.2) is 0 Å². The molecule has 0 saturated carbocycles. The van der Waals surface area contributed by atoms with E-state index >= 15 is 0 Å². The first kappa shape index (κ1) is 21.9. The van der Waals surface area contributed by atoms with E-state index in [1.165, 1.54) is 18.1 Å². The fraction of sp³-hybridized carbons (Fsp3) is 0.125. The van der Waals surface area contributed by atoms with Crippen LogP contribution in [0.25, 0.3) is 5.76 Å². The summed E-state index contributed by atoms with van der Waals surface area (Å²) >= 11 is 12.5. The van der Waals surface area contributed by atoms with Crippen molar-refractivity contribution in [1.29, 1.82) is 0 Å². The Morgan fingerprint density at radius 2 is 1.78 bits per heavy atom. The average molecular weight is 469 g/mol. The second kappa shape index (κ2) is 8.65. The number of amides is 1. The van der Waals surface area contributed by atoms with Crippen LogP contribution in [0.2, 0.25) is 10.0 Å². The van der Waals surface area contributed by atoms with Gasteiger partial charge in [-0.2, -0.15) is 0 Å². The molecule has 2 heterocycles. The number of methoxy groups -OCH3 is 1. The molecule has 1 saturated heterocycles. The van der Waals surface area contributed by atoms with Crippen LogP contribution in [-0.2, 0) is 9.59 Å². The minimum atomic E-state index is -0.879. The zero-order valence-electron chi connectivity index (χ0n) is 17.2. The van der Waals surface area contributed by atoms with Gasteiger partial charge < -0.3 is 9.84 Å². The standard InChI is InChI=1S/C24H18Cl2N2O4/c1-13-16(25)4-3-5-18(13)28-21(14-8-10-27-11-9-14)20(23(30)24(28)31)22(29)15-6-7-19(32-2)17(26)12-15/h3-12,21,29H,1-2H3/b22-20+. The maximum atomic E-state index is 13.2. The summed E-state index contributed by atoms with van der Waals surface area (Å²) in [5, 5.41) is 11.9. The van der Waals surface area contributed by atoms with Crippen LogP contribution >= 0.6 is 23.2 Å². The lowest BCUT2D eigenvalue weighted by molar-refractivity contribution is -0.132. The largest absolute Gasteiger partial charge is 0.507 e. The van der Waals surface area contributed by atoms with Crippen molar-refractivity contribution in [2.75, 3.05) is 12.0 Å². The summed E-state index contributed by atoms with van der Waals surface area (Å²) in [5.41, 5.74) is 1.97. The van der Waals surface area contributed by atoms with Crippen LogP contribution in [0.15, 0.2) is 66.5 Å². The third kappa shape index (κ3) is 3.61. The van der Waals surface area contributed by atoms with Crippen molar-refractivity contribution < 1.29 is 19.4 Å². The van der Waals surface area contributed by atoms with Crippen LogP contribution < -0.4 is 9.64 Å². The fourth-order valence-electron chi connectivity index (χ4n) is 3.77. The number of carbonyl (C=O) groups excluding carboxylic acids is 2. The Morgan fingerprint density at radius 3 is 2.44 bits per heavy atom. The molecule has 2 aromatic carbocycles. The summed E-state index contributed by atoms with van der Waals surface area (Å²) < 4.78 is 5.15. The number of aliphatic hydroxyl groups is 1. The Hall–Kier alpha value is -3.35. The molecule has 8 heteroatoms. The normalized spacial score (nSPS) is 17.6. The van der Waals surface area contributed by atoms with E-state index < -0.39 is 17.7 Å². The van der Waals surface area contributed by atoms with E-state index in [2.05, 4.69) is 4.98 Å². The van der Waals surface area contributed by atoms with E-state index in [1.807, 2.05) is 0 Å². The number of Topliss-reactive ketones (excluding diaryl/α,β-unsaturated/α-hetero) is 1. The summed E-state index contributed by atoms with van der Waals surface area (Å²) in [6.45, 7) is 1.77. The van der Waals surface area contributed by atoms with Crippen LogP contribution in [0.4, 0.5) is 5.69 Å². The van der Waals surface area contributed by atoms with E-state index in [9.17, 15) is 14.7 Å². The Bertz CT molecular complexity index is 1260. The van der Waals surface area contributed by atoms with Gasteiger partial charge in [-0.1, -0.05) is 29.3 Å². The summed E-state index contributed by atoms with van der Waals surface area (Å²) in [6, 6.07) is 12.3. The van der Waals surface area contributed by atoms with E-state index in [1.54, 1.807) is 61.8 Å². The minimum Gasteiger partial charge on any atom is -0.507 e. The van der Waals surface area contributed by atoms with Gasteiger partial charge in [0.05, 0.1) is 23.7 Å². The van der Waals surface area contributed by atoms with Crippen LogP contribution in [-0.4, -0.2) is 28.9 Å². The smallest absolute Gasteiger partial charge is 0.300 e. The van der Waals surface area contributed by atoms with Crippen molar-refractivity contribution in [2.45, 2.75) is 13.0 Å². The lowest BCUT2D eigenvalue weighted by Crippen LogP contribution is -2.30. The fourth-order valence-corrected chi connectivity index (χ4v) is 4.20. The van der Waals surface area contributed by atoms with Crippen molar-refractivity contribution in [3.63, 3.8) is 0 Å². The van der Waals surface area contributed by atoms with Gasteiger partial charge in [0.2, 0.25) is 0 Å². The van der Waals surface area contributed by atoms with Crippen molar-refractivity contribution in [2.24, 2.45) is 0 Å². The predicted molar refractivity (Wildman–Crippen MR) is 123 cm³/mol. The Morgan fingerprint density at radius 1 is 1.06 bits per heavy atom. The minimum absolute atomic E-state index is 0.0539. The number of rotatable bonds is 4. The van der Waals surface area contributed by atoms with Gasteiger partial charge >= 0.3 is 0 Å². The molecule has 4 rings (SSSR count). The Labute approximate surface area is 194 Å². The SMILES string of the molecule is COc1ccc(/C(O)=C2\C(=O)C(=O)N(c3cccc(Cl)c3C)C2c2ccncc2)cc1Cl. The number of anilines is 1. The molecule has 1 N–H and O–H groups in total. The molecule has 1 aliphatic heterocycles. The number of carbonyl (C=O) groups is 2. The molecule has 3 aromatic rings. The van der Waals surface area contributed by atoms with Crippen molar-refractivity contribution >= 4 is 46.3 Å². The van der Waals surface area contributed by atoms with Crippen LogP contribution in [0.5, 0.6) is 5.75 Å². The maximum absolute atomic E-state index is 13.2. The quantitative estimate of drug-likeness (QED) is 0.317. The van der Waals surface area contributed by atoms with Crippen molar-refractivity contribution in [3.8, 4) is 5.75 Å². The highest BCUT2D eigenvalue weighted by Gasteiger charge is 2.47. The van der Waals surface area contributed by atoms with E-state index in [-0.39, 0.29) is 21.9 Å². The summed E-state index contributed by atoms with van der Waals surface area (Å²) in [4.78, 5) is 31.7. The van der Waals surface area contributed by atoms with E-state index in [0.717, 1.165) is 0 Å². The highest BCUT2D eigenvalue weighted by molar-refractivity contribution is 6.52. The number of benzene rings is 2. The number of aliphatic hydroxyl groups excluding tert-OH is 1. The molecule has 0 radical (unpaired) electrons. The highest BCUT2D eigenvalue weighted by atomic mass is 35.5. The monoisotopic (exact) mass is 468 g/mol. The van der Waals surface area contributed by atoms with Gasteiger partial charge in [0.25, 0.3) is 11.7 Å². The molecule has 0 spiro atoms. The van der Waals surface area contributed by atoms with Crippen molar-refractivity contribution in [1.82, 2.24) is 4.98 Å². The topological polar surface area (TPSA) is 79.7 Å². The number of pyridine rings is 1. The molecular formula is C24H18Cl2N2O4. The van der Waals surface area contributed by atoms with Gasteiger partial charge in [-0.15, -0.1) is 0 Å². The van der Waals surface area contributed by atoms with Crippen LogP contribution in [0.3, 0.4) is 0 Å². The molecule has 0 aliphatic carbocycles. The lowest BCUT2D eigenvalue weighted by Gasteiger charge is -2.27. The van der Waals surface area contributed by atoms with Gasteiger partial charge in [-0.25, -0.2) is 0 Å². The molecule has 1 amide bonds. The number of nitrogens with zero attached hydrogens (tertiary/aromatic N) is 2. The van der Waals surface area contributed by atoms with E-state index in [0.29, 0.717) is 27.6 Å². The molecule has 1 fully saturated rings. The zero-order chi connectivity index (χ0) is 23.0. The highest BCUT2D eigenvalue weighted by Crippen LogP contribution is 2.44. The summed E-state index contributed by atoms with van der Waals surface area (Å²) in [6.07, 6.45) is 3.12. The Balaban J connectivity index is 1.96. The third-order valence-electron chi connectivity index (χ3n) is 5.39. The molecule has 1 aliphatic rings. The zero-order valence-corrected chi connectivity index (χ0v) is 18.7. The first-order valence-electron chi connectivity index (χ1n) is 9.65. The number of hydrogen-bond acceptors (Lipinski definition) is 5. The lowest BCUT2D eigenvalue weighted by atomic mass is 9.95. The number of hydrogen-bond donors (Lipinski definition) is 1. The maximum Gasteiger partial charge on any atom is 0.300 e. The van der Waals surface area contributed by atoms with Gasteiger partial charge in [-0.05, 0) is 60.5 Å². The van der Waals surface area contributed by atoms with Crippen LogP contribution in [0, 0.1) is 6.92 Å². The van der Waals surface area contributed by atoms with Gasteiger partial charge in [0, 0.05) is 28.7 Å². The molecule has 6 nitrogen and oxygen atoms in total. The number of aromatic nitrogens is 1. The predicted octanol–water partition coefficient (Wildman–Crippen LogP) is 5.33. The first-order valence-corrected chi connectivity index (χ1v) is 10.4. The number of ketones is 1. The van der Waals surface area contributed by atoms with Gasteiger partial charge in [0.1, 0.15) is 11.5 Å². The molecule has 1 aromatic heterocycles. The summed E-state index contributed by atoms with van der Waals surface area (Å²) in [5.74, 6) is -1.49.